The first-order valence-corrected chi connectivity index (χ1v) is 7.03. The standard InChI is InChI=1S/C15H12Cl2N4/c1-21-15(19-8-18)12-4-2-3-11(14(12)20-21)10-6-5-9(16)7-13(10)17/h2-8H,1H3,(H2,18,19). The molecule has 0 saturated heterocycles. The number of nitrogens with two attached hydrogens (primary N) is 1. The Morgan fingerprint density at radius 2 is 2.00 bits per heavy atom. The number of aliphatic imine (C=N–C) groups is 1. The zero-order valence-corrected chi connectivity index (χ0v) is 12.7. The van der Waals surface area contributed by atoms with Crippen LogP contribution < -0.4 is 5.73 Å². The Balaban J connectivity index is 2.31. The smallest absolute Gasteiger partial charge is 0.159 e. The van der Waals surface area contributed by atoms with E-state index in [1.165, 1.54) is 6.34 Å². The number of aryl methyl sites for hydroxylation is 1. The van der Waals surface area contributed by atoms with Gasteiger partial charge in [-0.15, -0.1) is 0 Å². The van der Waals surface area contributed by atoms with Crippen molar-refractivity contribution in [2.24, 2.45) is 17.8 Å². The van der Waals surface area contributed by atoms with E-state index in [4.69, 9.17) is 28.9 Å². The lowest BCUT2D eigenvalue weighted by molar-refractivity contribution is 0.783. The predicted octanol–water partition coefficient (Wildman–Crippen LogP) is 4.17. The Hall–Kier alpha value is -2.04. The average Bonchev–Trinajstić information content (AvgIpc) is 2.76. The molecule has 1 heterocycles. The summed E-state index contributed by atoms with van der Waals surface area (Å²) in [7, 11) is 1.83. The van der Waals surface area contributed by atoms with E-state index >= 15 is 0 Å². The monoisotopic (exact) mass is 318 g/mol. The van der Waals surface area contributed by atoms with Gasteiger partial charge in [0.05, 0.1) is 6.34 Å². The lowest BCUT2D eigenvalue weighted by Gasteiger charge is -2.05. The highest BCUT2D eigenvalue weighted by atomic mass is 35.5. The van der Waals surface area contributed by atoms with Crippen LogP contribution in [0.1, 0.15) is 0 Å². The van der Waals surface area contributed by atoms with Gasteiger partial charge in [-0.05, 0) is 18.2 Å². The van der Waals surface area contributed by atoms with Crippen molar-refractivity contribution in [3.63, 3.8) is 0 Å². The number of aromatic nitrogens is 2. The SMILES string of the molecule is Cn1nc2c(-c3ccc(Cl)cc3Cl)cccc2c1/N=C/N. The number of nitrogens with zero attached hydrogens (tertiary/aromatic N) is 3. The molecular formula is C15H12Cl2N4. The highest BCUT2D eigenvalue weighted by Crippen LogP contribution is 2.36. The molecule has 3 aromatic rings. The van der Waals surface area contributed by atoms with E-state index in [-0.39, 0.29) is 0 Å². The maximum absolute atomic E-state index is 6.30. The lowest BCUT2D eigenvalue weighted by Crippen LogP contribution is -1.92. The number of halogens is 2. The van der Waals surface area contributed by atoms with E-state index in [0.717, 1.165) is 22.0 Å². The fourth-order valence-corrected chi connectivity index (χ4v) is 2.86. The molecule has 106 valence electrons. The van der Waals surface area contributed by atoms with Crippen molar-refractivity contribution in [2.75, 3.05) is 0 Å². The molecule has 0 unspecified atom stereocenters. The van der Waals surface area contributed by atoms with Crippen molar-refractivity contribution in [1.82, 2.24) is 9.78 Å². The van der Waals surface area contributed by atoms with Gasteiger partial charge in [0.2, 0.25) is 0 Å². The highest BCUT2D eigenvalue weighted by molar-refractivity contribution is 6.36. The van der Waals surface area contributed by atoms with E-state index in [0.29, 0.717) is 15.9 Å². The van der Waals surface area contributed by atoms with Crippen molar-refractivity contribution in [2.45, 2.75) is 0 Å². The molecule has 21 heavy (non-hydrogen) atoms. The van der Waals surface area contributed by atoms with Crippen LogP contribution in [0.3, 0.4) is 0 Å². The molecule has 0 atom stereocenters. The lowest BCUT2D eigenvalue weighted by atomic mass is 10.0. The van der Waals surface area contributed by atoms with Gasteiger partial charge < -0.3 is 5.73 Å². The van der Waals surface area contributed by atoms with Gasteiger partial charge >= 0.3 is 0 Å². The van der Waals surface area contributed by atoms with Crippen LogP contribution in [-0.4, -0.2) is 16.1 Å². The first-order valence-electron chi connectivity index (χ1n) is 6.27. The summed E-state index contributed by atoms with van der Waals surface area (Å²) in [6.45, 7) is 0. The maximum atomic E-state index is 6.30. The van der Waals surface area contributed by atoms with Crippen molar-refractivity contribution < 1.29 is 0 Å². The predicted molar refractivity (Wildman–Crippen MR) is 88.5 cm³/mol. The number of hydrogen-bond acceptors (Lipinski definition) is 2. The van der Waals surface area contributed by atoms with Crippen LogP contribution in [0.25, 0.3) is 22.0 Å². The summed E-state index contributed by atoms with van der Waals surface area (Å²) in [6, 6.07) is 11.3. The molecule has 0 fully saturated rings. The Morgan fingerprint density at radius 1 is 1.19 bits per heavy atom. The molecule has 0 radical (unpaired) electrons. The molecule has 1 aromatic heterocycles. The third-order valence-electron chi connectivity index (χ3n) is 3.25. The number of benzene rings is 2. The van der Waals surface area contributed by atoms with Crippen molar-refractivity contribution in [3.05, 3.63) is 46.4 Å². The van der Waals surface area contributed by atoms with E-state index < -0.39 is 0 Å². The minimum Gasteiger partial charge on any atom is -0.390 e. The maximum Gasteiger partial charge on any atom is 0.159 e. The second kappa shape index (κ2) is 5.39. The molecule has 4 nitrogen and oxygen atoms in total. The van der Waals surface area contributed by atoms with Crippen LogP contribution in [0.4, 0.5) is 5.82 Å². The minimum atomic E-state index is 0.588. The average molecular weight is 319 g/mol. The quantitative estimate of drug-likeness (QED) is 0.569. The van der Waals surface area contributed by atoms with Crippen LogP contribution in [0.5, 0.6) is 0 Å². The molecule has 0 aliphatic heterocycles. The highest BCUT2D eigenvalue weighted by Gasteiger charge is 2.14. The minimum absolute atomic E-state index is 0.588. The third kappa shape index (κ3) is 2.37. The van der Waals surface area contributed by atoms with E-state index in [1.54, 1.807) is 10.7 Å². The largest absolute Gasteiger partial charge is 0.390 e. The molecule has 0 spiro atoms. The Morgan fingerprint density at radius 3 is 2.71 bits per heavy atom. The fraction of sp³-hybridized carbons (Fsp3) is 0.0667. The Bertz CT molecular complexity index is 852. The summed E-state index contributed by atoms with van der Waals surface area (Å²) in [4.78, 5) is 4.16. The van der Waals surface area contributed by atoms with Crippen LogP contribution >= 0.6 is 23.2 Å². The second-order valence-corrected chi connectivity index (χ2v) is 5.39. The van der Waals surface area contributed by atoms with Gasteiger partial charge in [0.1, 0.15) is 5.52 Å². The molecule has 0 bridgehead atoms. The molecule has 0 aliphatic carbocycles. The molecule has 0 saturated carbocycles. The van der Waals surface area contributed by atoms with Gasteiger partial charge in [-0.3, -0.25) is 0 Å². The Kier molecular flexibility index (Phi) is 3.57. The third-order valence-corrected chi connectivity index (χ3v) is 3.80. The number of hydrogen-bond donors (Lipinski definition) is 1. The first-order chi connectivity index (χ1) is 10.1. The molecule has 2 aromatic carbocycles. The van der Waals surface area contributed by atoms with Gasteiger partial charge in [0.15, 0.2) is 5.82 Å². The van der Waals surface area contributed by atoms with Gasteiger partial charge in [-0.25, -0.2) is 9.67 Å². The summed E-state index contributed by atoms with van der Waals surface area (Å²) in [6.07, 6.45) is 1.26. The zero-order chi connectivity index (χ0) is 15.0. The number of fused-ring (bicyclic) bond motifs is 1. The summed E-state index contributed by atoms with van der Waals surface area (Å²) < 4.78 is 1.70. The van der Waals surface area contributed by atoms with Gasteiger partial charge in [0.25, 0.3) is 0 Å². The Labute approximate surface area is 131 Å². The fourth-order valence-electron chi connectivity index (χ4n) is 2.35. The molecule has 3 rings (SSSR count). The molecule has 6 heteroatoms. The van der Waals surface area contributed by atoms with Crippen LogP contribution in [0.2, 0.25) is 10.0 Å². The normalized spacial score (nSPS) is 11.6. The summed E-state index contributed by atoms with van der Waals surface area (Å²) in [5, 5.41) is 6.64. The van der Waals surface area contributed by atoms with Crippen LogP contribution in [-0.2, 0) is 7.05 Å². The topological polar surface area (TPSA) is 56.2 Å². The van der Waals surface area contributed by atoms with Crippen LogP contribution in [0.15, 0.2) is 41.4 Å². The van der Waals surface area contributed by atoms with Crippen molar-refractivity contribution >= 4 is 46.3 Å². The molecular weight excluding hydrogens is 307 g/mol. The van der Waals surface area contributed by atoms with E-state index in [1.807, 2.05) is 37.4 Å². The molecule has 0 amide bonds. The van der Waals surface area contributed by atoms with E-state index in [2.05, 4.69) is 10.1 Å². The first kappa shape index (κ1) is 13.9. The van der Waals surface area contributed by atoms with Crippen molar-refractivity contribution in [1.29, 1.82) is 0 Å². The second-order valence-electron chi connectivity index (χ2n) is 4.55. The van der Waals surface area contributed by atoms with Crippen molar-refractivity contribution in [3.8, 4) is 11.1 Å². The summed E-state index contributed by atoms with van der Waals surface area (Å²) in [5.41, 5.74) is 8.04. The summed E-state index contributed by atoms with van der Waals surface area (Å²) in [5.74, 6) is 0.708. The number of rotatable bonds is 2. The van der Waals surface area contributed by atoms with Crippen LogP contribution in [0, 0.1) is 0 Å². The van der Waals surface area contributed by atoms with E-state index in [9.17, 15) is 0 Å². The summed E-state index contributed by atoms with van der Waals surface area (Å²) >= 11 is 12.3. The van der Waals surface area contributed by atoms with Gasteiger partial charge in [-0.2, -0.15) is 5.10 Å². The molecule has 0 aliphatic rings. The van der Waals surface area contributed by atoms with Gasteiger partial charge in [0, 0.05) is 33.6 Å². The van der Waals surface area contributed by atoms with Gasteiger partial charge in [-0.1, -0.05) is 41.4 Å². The zero-order valence-electron chi connectivity index (χ0n) is 11.2. The molecule has 2 N–H and O–H groups in total.